The van der Waals surface area contributed by atoms with Crippen molar-refractivity contribution in [3.63, 3.8) is 0 Å². The molecule has 0 amide bonds. The van der Waals surface area contributed by atoms with Crippen molar-refractivity contribution in [2.45, 2.75) is 12.6 Å². The standard InChI is InChI=1S/C20H19N3O/c24-15(13-22-20-11-5-6-12-21-20)14-23-18-9-3-1-7-16(18)17-8-2-4-10-19(17)23/h1-12,15,24H,13-14H2,(H,21,22). The summed E-state index contributed by atoms with van der Waals surface area (Å²) in [5.74, 6) is 0.777. The summed E-state index contributed by atoms with van der Waals surface area (Å²) in [6.07, 6.45) is 1.23. The zero-order valence-corrected chi connectivity index (χ0v) is 13.3. The van der Waals surface area contributed by atoms with Crippen molar-refractivity contribution in [3.8, 4) is 0 Å². The first-order valence-corrected chi connectivity index (χ1v) is 8.12. The van der Waals surface area contributed by atoms with Gasteiger partial charge >= 0.3 is 0 Å². The monoisotopic (exact) mass is 317 g/mol. The molecular weight excluding hydrogens is 298 g/mol. The summed E-state index contributed by atoms with van der Waals surface area (Å²) in [5.41, 5.74) is 2.30. The third-order valence-electron chi connectivity index (χ3n) is 4.26. The van der Waals surface area contributed by atoms with Gasteiger partial charge in [-0.05, 0) is 24.3 Å². The van der Waals surface area contributed by atoms with Gasteiger partial charge in [0, 0.05) is 34.5 Å². The number of hydrogen-bond acceptors (Lipinski definition) is 3. The van der Waals surface area contributed by atoms with E-state index in [0.717, 1.165) is 16.9 Å². The quantitative estimate of drug-likeness (QED) is 0.590. The van der Waals surface area contributed by atoms with E-state index in [2.05, 4.69) is 51.3 Å². The molecule has 0 saturated heterocycles. The summed E-state index contributed by atoms with van der Waals surface area (Å²) < 4.78 is 2.19. The van der Waals surface area contributed by atoms with Crippen molar-refractivity contribution in [1.82, 2.24) is 9.55 Å². The molecule has 4 nitrogen and oxygen atoms in total. The lowest BCUT2D eigenvalue weighted by Gasteiger charge is -2.15. The Kier molecular flexibility index (Phi) is 3.89. The van der Waals surface area contributed by atoms with E-state index < -0.39 is 6.10 Å². The highest BCUT2D eigenvalue weighted by Crippen LogP contribution is 2.28. The molecule has 0 radical (unpaired) electrons. The van der Waals surface area contributed by atoms with E-state index >= 15 is 0 Å². The third-order valence-corrected chi connectivity index (χ3v) is 4.26. The number of aliphatic hydroxyl groups excluding tert-OH is 1. The van der Waals surface area contributed by atoms with Gasteiger partial charge in [0.05, 0.1) is 12.6 Å². The van der Waals surface area contributed by atoms with E-state index in [0.29, 0.717) is 13.1 Å². The minimum absolute atomic E-state index is 0.456. The summed E-state index contributed by atoms with van der Waals surface area (Å²) in [5, 5.41) is 16.1. The molecule has 1 unspecified atom stereocenters. The van der Waals surface area contributed by atoms with Gasteiger partial charge in [0.2, 0.25) is 0 Å². The zero-order chi connectivity index (χ0) is 16.4. The lowest BCUT2D eigenvalue weighted by molar-refractivity contribution is 0.169. The summed E-state index contributed by atoms with van der Waals surface area (Å²) in [7, 11) is 0. The largest absolute Gasteiger partial charge is 0.389 e. The van der Waals surface area contributed by atoms with Crippen molar-refractivity contribution in [2.24, 2.45) is 0 Å². The molecule has 2 N–H and O–H groups in total. The van der Waals surface area contributed by atoms with Crippen LogP contribution in [0.25, 0.3) is 21.8 Å². The number of para-hydroxylation sites is 2. The average Bonchev–Trinajstić information content (AvgIpc) is 2.95. The van der Waals surface area contributed by atoms with E-state index in [4.69, 9.17) is 0 Å². The van der Waals surface area contributed by atoms with Gasteiger partial charge in [-0.15, -0.1) is 0 Å². The Labute approximate surface area is 140 Å². The molecular formula is C20H19N3O. The fourth-order valence-electron chi connectivity index (χ4n) is 3.17. The van der Waals surface area contributed by atoms with Crippen LogP contribution in [0.1, 0.15) is 0 Å². The van der Waals surface area contributed by atoms with Crippen molar-refractivity contribution >= 4 is 27.6 Å². The number of fused-ring (bicyclic) bond motifs is 3. The first kappa shape index (κ1) is 14.7. The second kappa shape index (κ2) is 6.34. The minimum atomic E-state index is -0.508. The number of nitrogens with zero attached hydrogens (tertiary/aromatic N) is 2. The Morgan fingerprint density at radius 2 is 1.50 bits per heavy atom. The van der Waals surface area contributed by atoms with Gasteiger partial charge in [-0.1, -0.05) is 42.5 Å². The molecule has 0 spiro atoms. The molecule has 2 heterocycles. The molecule has 2 aromatic carbocycles. The van der Waals surface area contributed by atoms with Crippen LogP contribution < -0.4 is 5.32 Å². The lowest BCUT2D eigenvalue weighted by atomic mass is 10.2. The maximum atomic E-state index is 10.5. The Hall–Kier alpha value is -2.85. The second-order valence-corrected chi connectivity index (χ2v) is 5.89. The Morgan fingerprint density at radius 1 is 0.875 bits per heavy atom. The van der Waals surface area contributed by atoms with Crippen LogP contribution in [-0.2, 0) is 6.54 Å². The van der Waals surface area contributed by atoms with Gasteiger partial charge in [0.15, 0.2) is 0 Å². The minimum Gasteiger partial charge on any atom is -0.389 e. The molecule has 2 aromatic heterocycles. The molecule has 120 valence electrons. The second-order valence-electron chi connectivity index (χ2n) is 5.89. The SMILES string of the molecule is OC(CNc1ccccn1)Cn1c2ccccc2c2ccccc21. The molecule has 0 aliphatic rings. The first-order valence-electron chi connectivity index (χ1n) is 8.12. The number of nitrogens with one attached hydrogen (secondary N) is 1. The number of anilines is 1. The number of aliphatic hydroxyl groups is 1. The van der Waals surface area contributed by atoms with Gasteiger partial charge < -0.3 is 15.0 Å². The van der Waals surface area contributed by atoms with E-state index in [9.17, 15) is 5.11 Å². The summed E-state index contributed by atoms with van der Waals surface area (Å²) in [6.45, 7) is 0.992. The normalized spacial score (nSPS) is 12.5. The molecule has 0 bridgehead atoms. The van der Waals surface area contributed by atoms with Crippen molar-refractivity contribution in [3.05, 3.63) is 72.9 Å². The van der Waals surface area contributed by atoms with Crippen molar-refractivity contribution in [1.29, 1.82) is 0 Å². The van der Waals surface area contributed by atoms with E-state index in [1.54, 1.807) is 6.20 Å². The summed E-state index contributed by atoms with van der Waals surface area (Å²) in [6, 6.07) is 22.4. The first-order chi connectivity index (χ1) is 11.8. The molecule has 0 aliphatic heterocycles. The molecule has 0 fully saturated rings. The van der Waals surface area contributed by atoms with E-state index in [1.165, 1.54) is 10.8 Å². The van der Waals surface area contributed by atoms with Gasteiger partial charge in [0.1, 0.15) is 5.82 Å². The molecule has 4 rings (SSSR count). The summed E-state index contributed by atoms with van der Waals surface area (Å²) in [4.78, 5) is 4.22. The fraction of sp³-hybridized carbons (Fsp3) is 0.150. The van der Waals surface area contributed by atoms with Gasteiger partial charge in [-0.25, -0.2) is 4.98 Å². The van der Waals surface area contributed by atoms with Crippen LogP contribution in [0.2, 0.25) is 0 Å². The van der Waals surface area contributed by atoms with E-state index in [1.807, 2.05) is 30.3 Å². The fourth-order valence-corrected chi connectivity index (χ4v) is 3.17. The highest BCUT2D eigenvalue weighted by molar-refractivity contribution is 6.07. The van der Waals surface area contributed by atoms with Gasteiger partial charge in [0.25, 0.3) is 0 Å². The maximum absolute atomic E-state index is 10.5. The lowest BCUT2D eigenvalue weighted by Crippen LogP contribution is -2.25. The number of pyridine rings is 1. The van der Waals surface area contributed by atoms with Crippen LogP contribution in [0.5, 0.6) is 0 Å². The van der Waals surface area contributed by atoms with Crippen molar-refractivity contribution < 1.29 is 5.11 Å². The van der Waals surface area contributed by atoms with Crippen molar-refractivity contribution in [2.75, 3.05) is 11.9 Å². The summed E-state index contributed by atoms with van der Waals surface area (Å²) >= 11 is 0. The zero-order valence-electron chi connectivity index (χ0n) is 13.3. The average molecular weight is 317 g/mol. The van der Waals surface area contributed by atoms with Gasteiger partial charge in [-0.3, -0.25) is 0 Å². The van der Waals surface area contributed by atoms with Crippen LogP contribution in [0, 0.1) is 0 Å². The highest BCUT2D eigenvalue weighted by Gasteiger charge is 2.13. The molecule has 4 aromatic rings. The van der Waals surface area contributed by atoms with Gasteiger partial charge in [-0.2, -0.15) is 0 Å². The highest BCUT2D eigenvalue weighted by atomic mass is 16.3. The topological polar surface area (TPSA) is 50.1 Å². The van der Waals surface area contributed by atoms with E-state index in [-0.39, 0.29) is 0 Å². The predicted molar refractivity (Wildman–Crippen MR) is 98.2 cm³/mol. The van der Waals surface area contributed by atoms with Crippen LogP contribution in [-0.4, -0.2) is 27.3 Å². The number of benzene rings is 2. The molecule has 0 saturated carbocycles. The Morgan fingerprint density at radius 3 is 2.12 bits per heavy atom. The Balaban J connectivity index is 1.61. The van der Waals surface area contributed by atoms with Crippen LogP contribution in [0.4, 0.5) is 5.82 Å². The smallest absolute Gasteiger partial charge is 0.125 e. The van der Waals surface area contributed by atoms with Crippen LogP contribution in [0.3, 0.4) is 0 Å². The molecule has 1 atom stereocenters. The maximum Gasteiger partial charge on any atom is 0.125 e. The molecule has 0 aliphatic carbocycles. The van der Waals surface area contributed by atoms with Crippen LogP contribution >= 0.6 is 0 Å². The molecule has 4 heteroatoms. The number of hydrogen-bond donors (Lipinski definition) is 2. The predicted octanol–water partition coefficient (Wildman–Crippen LogP) is 3.66. The molecule has 24 heavy (non-hydrogen) atoms. The number of rotatable bonds is 5. The number of aromatic nitrogens is 2. The third kappa shape index (κ3) is 2.72. The Bertz CT molecular complexity index is 909. The van der Waals surface area contributed by atoms with Crippen LogP contribution in [0.15, 0.2) is 72.9 Å².